The Kier molecular flexibility index (Phi) is 5.61. The second kappa shape index (κ2) is 6.75. The van der Waals surface area contributed by atoms with Crippen LogP contribution in [0.1, 0.15) is 39.5 Å². The first kappa shape index (κ1) is 15.0. The largest absolute Gasteiger partial charge is 0.383 e. The van der Waals surface area contributed by atoms with E-state index in [0.717, 1.165) is 25.7 Å². The summed E-state index contributed by atoms with van der Waals surface area (Å²) in [4.78, 5) is 0.0212. The normalized spacial score (nSPS) is 13.7. The van der Waals surface area contributed by atoms with Gasteiger partial charge < -0.3 is 5.73 Å². The van der Waals surface area contributed by atoms with Crippen molar-refractivity contribution in [2.45, 2.75) is 44.4 Å². The van der Waals surface area contributed by atoms with Gasteiger partial charge in [0, 0.05) is 6.54 Å². The zero-order valence-electron chi connectivity index (χ0n) is 10.9. The van der Waals surface area contributed by atoms with Crippen LogP contribution in [0.25, 0.3) is 0 Å². The van der Waals surface area contributed by atoms with Crippen molar-refractivity contribution in [3.63, 3.8) is 0 Å². The van der Waals surface area contributed by atoms with Crippen LogP contribution >= 0.6 is 0 Å². The maximum atomic E-state index is 12.0. The van der Waals surface area contributed by atoms with Crippen molar-refractivity contribution in [3.8, 4) is 0 Å². The van der Waals surface area contributed by atoms with E-state index >= 15 is 0 Å². The highest BCUT2D eigenvalue weighted by molar-refractivity contribution is 7.89. The Balaban J connectivity index is 2.59. The molecule has 0 radical (unpaired) electrons. The number of nitrogens with zero attached hydrogens (tertiary/aromatic N) is 1. The summed E-state index contributed by atoms with van der Waals surface area (Å²) in [5, 5.41) is 6.03. The van der Waals surface area contributed by atoms with Gasteiger partial charge in [-0.15, -0.1) is 0 Å². The van der Waals surface area contributed by atoms with Gasteiger partial charge in [-0.05, 0) is 12.3 Å². The van der Waals surface area contributed by atoms with E-state index in [2.05, 4.69) is 28.8 Å². The van der Waals surface area contributed by atoms with E-state index < -0.39 is 10.0 Å². The molecule has 6 nitrogen and oxygen atoms in total. The number of nitrogen functional groups attached to an aromatic ring is 1. The lowest BCUT2D eigenvalue weighted by molar-refractivity contribution is 0.444. The van der Waals surface area contributed by atoms with Crippen molar-refractivity contribution in [1.82, 2.24) is 14.9 Å². The van der Waals surface area contributed by atoms with Gasteiger partial charge in [0.2, 0.25) is 10.0 Å². The minimum Gasteiger partial charge on any atom is -0.383 e. The molecule has 1 unspecified atom stereocenters. The van der Waals surface area contributed by atoms with Crippen molar-refractivity contribution in [2.75, 3.05) is 12.3 Å². The molecule has 0 aromatic carbocycles. The van der Waals surface area contributed by atoms with Crippen LogP contribution in [0.3, 0.4) is 0 Å². The van der Waals surface area contributed by atoms with Gasteiger partial charge in [0.15, 0.2) is 0 Å². The van der Waals surface area contributed by atoms with Gasteiger partial charge in [0.1, 0.15) is 10.7 Å². The van der Waals surface area contributed by atoms with Gasteiger partial charge in [0.05, 0.1) is 6.20 Å². The molecule has 1 rings (SSSR count). The molecule has 4 N–H and O–H groups in total. The molecule has 0 bridgehead atoms. The molecule has 7 heteroatoms. The number of nitrogens with one attached hydrogen (secondary N) is 2. The molecule has 0 amide bonds. The molecule has 1 atom stereocenters. The monoisotopic (exact) mass is 274 g/mol. The molecule has 0 fully saturated rings. The zero-order chi connectivity index (χ0) is 13.6. The predicted octanol–water partition coefficient (Wildman–Crippen LogP) is 1.49. The van der Waals surface area contributed by atoms with E-state index in [9.17, 15) is 8.42 Å². The first-order valence-electron chi connectivity index (χ1n) is 6.29. The molecule has 0 aliphatic carbocycles. The van der Waals surface area contributed by atoms with Crippen LogP contribution < -0.4 is 10.5 Å². The van der Waals surface area contributed by atoms with Crippen LogP contribution in [0.2, 0.25) is 0 Å². The van der Waals surface area contributed by atoms with E-state index in [1.165, 1.54) is 6.20 Å². The topological polar surface area (TPSA) is 101 Å². The minimum atomic E-state index is -3.55. The second-order valence-corrected chi connectivity index (χ2v) is 6.15. The van der Waals surface area contributed by atoms with Gasteiger partial charge >= 0.3 is 0 Å². The van der Waals surface area contributed by atoms with Crippen molar-refractivity contribution < 1.29 is 8.42 Å². The number of nitrogens with two attached hydrogens (primary N) is 1. The highest BCUT2D eigenvalue weighted by Gasteiger charge is 2.20. The molecule has 0 aliphatic heterocycles. The minimum absolute atomic E-state index is 0.0212. The Morgan fingerprint density at radius 3 is 2.72 bits per heavy atom. The molecule has 0 spiro atoms. The van der Waals surface area contributed by atoms with E-state index in [-0.39, 0.29) is 10.7 Å². The Hall–Kier alpha value is -1.08. The number of unbranched alkanes of at least 4 members (excludes halogenated alkanes) is 1. The molecule has 18 heavy (non-hydrogen) atoms. The Bertz CT molecular complexity index is 455. The fourth-order valence-corrected chi connectivity index (χ4v) is 2.89. The summed E-state index contributed by atoms with van der Waals surface area (Å²) in [6, 6.07) is 0. The number of aromatic nitrogens is 2. The average molecular weight is 274 g/mol. The lowest BCUT2D eigenvalue weighted by Crippen LogP contribution is -2.29. The summed E-state index contributed by atoms with van der Waals surface area (Å²) >= 11 is 0. The lowest BCUT2D eigenvalue weighted by atomic mass is 10.00. The van der Waals surface area contributed by atoms with E-state index in [0.29, 0.717) is 12.5 Å². The number of rotatable bonds is 8. The van der Waals surface area contributed by atoms with E-state index in [1.807, 2.05) is 0 Å². The maximum Gasteiger partial charge on any atom is 0.245 e. The molecule has 0 aliphatic rings. The van der Waals surface area contributed by atoms with E-state index in [4.69, 9.17) is 5.73 Å². The van der Waals surface area contributed by atoms with Crippen molar-refractivity contribution in [2.24, 2.45) is 5.92 Å². The van der Waals surface area contributed by atoms with Crippen LogP contribution in [-0.2, 0) is 10.0 Å². The molecular formula is C11H22N4O2S. The molecule has 1 aromatic rings. The molecular weight excluding hydrogens is 252 g/mol. The first-order valence-corrected chi connectivity index (χ1v) is 7.78. The fraction of sp³-hybridized carbons (Fsp3) is 0.727. The molecule has 1 aromatic heterocycles. The molecule has 0 saturated carbocycles. The number of aromatic amines is 1. The van der Waals surface area contributed by atoms with Gasteiger partial charge in [-0.3, -0.25) is 5.10 Å². The van der Waals surface area contributed by atoms with Crippen molar-refractivity contribution >= 4 is 15.8 Å². The molecule has 104 valence electrons. The lowest BCUT2D eigenvalue weighted by Gasteiger charge is -2.15. The van der Waals surface area contributed by atoms with Gasteiger partial charge in [-0.25, -0.2) is 13.1 Å². The second-order valence-electron chi connectivity index (χ2n) is 4.42. The fourth-order valence-electron chi connectivity index (χ4n) is 1.75. The highest BCUT2D eigenvalue weighted by atomic mass is 32.2. The third-order valence-corrected chi connectivity index (χ3v) is 4.48. The SMILES string of the molecule is CCCCC(CC)CNS(=O)(=O)c1cn[nH]c1N. The Morgan fingerprint density at radius 2 is 2.22 bits per heavy atom. The average Bonchev–Trinajstić information content (AvgIpc) is 2.76. The first-order chi connectivity index (χ1) is 8.51. The number of hydrogen-bond acceptors (Lipinski definition) is 4. The third-order valence-electron chi connectivity index (χ3n) is 3.03. The summed E-state index contributed by atoms with van der Waals surface area (Å²) in [5.74, 6) is 0.442. The Labute approximate surface area is 108 Å². The van der Waals surface area contributed by atoms with Crippen molar-refractivity contribution in [1.29, 1.82) is 0 Å². The van der Waals surface area contributed by atoms with Crippen LogP contribution in [0.15, 0.2) is 11.1 Å². The number of sulfonamides is 1. The van der Waals surface area contributed by atoms with Crippen molar-refractivity contribution in [3.05, 3.63) is 6.20 Å². The third kappa shape index (κ3) is 3.99. The summed E-state index contributed by atoms with van der Waals surface area (Å²) in [6.45, 7) is 4.65. The zero-order valence-corrected chi connectivity index (χ0v) is 11.8. The number of H-pyrrole nitrogens is 1. The summed E-state index contributed by atoms with van der Waals surface area (Å²) < 4.78 is 26.5. The van der Waals surface area contributed by atoms with E-state index in [1.54, 1.807) is 0 Å². The quantitative estimate of drug-likeness (QED) is 0.668. The van der Waals surface area contributed by atoms with Crippen LogP contribution in [0.5, 0.6) is 0 Å². The standard InChI is InChI=1S/C11H22N4O2S/c1-3-5-6-9(4-2)7-14-18(16,17)10-8-13-15-11(10)12/h8-9,14H,3-7H2,1-2H3,(H3,12,13,15). The number of anilines is 1. The summed E-state index contributed by atoms with van der Waals surface area (Å²) in [6.07, 6.45) is 5.47. The van der Waals surface area contributed by atoms with Gasteiger partial charge in [0.25, 0.3) is 0 Å². The number of hydrogen-bond donors (Lipinski definition) is 3. The maximum absolute atomic E-state index is 12.0. The molecule has 1 heterocycles. The predicted molar refractivity (Wildman–Crippen MR) is 71.5 cm³/mol. The van der Waals surface area contributed by atoms with Gasteiger partial charge in [-0.1, -0.05) is 33.1 Å². The van der Waals surface area contributed by atoms with Gasteiger partial charge in [-0.2, -0.15) is 5.10 Å². The Morgan fingerprint density at radius 1 is 1.50 bits per heavy atom. The van der Waals surface area contributed by atoms with Crippen LogP contribution in [0, 0.1) is 5.92 Å². The highest BCUT2D eigenvalue weighted by Crippen LogP contribution is 2.16. The van der Waals surface area contributed by atoms with Crippen LogP contribution in [0.4, 0.5) is 5.82 Å². The molecule has 0 saturated heterocycles. The summed E-state index contributed by atoms with van der Waals surface area (Å²) in [7, 11) is -3.55. The summed E-state index contributed by atoms with van der Waals surface area (Å²) in [5.41, 5.74) is 5.51. The smallest absolute Gasteiger partial charge is 0.245 e. The van der Waals surface area contributed by atoms with Crippen LogP contribution in [-0.4, -0.2) is 25.2 Å².